The van der Waals surface area contributed by atoms with Crippen LogP contribution in [0, 0.1) is 6.92 Å². The molecular weight excluding hydrogens is 344 g/mol. The van der Waals surface area contributed by atoms with Gasteiger partial charge in [-0.05, 0) is 38.0 Å². The first-order chi connectivity index (χ1) is 13.1. The number of pyridine rings is 1. The van der Waals surface area contributed by atoms with E-state index in [0.29, 0.717) is 23.6 Å². The third kappa shape index (κ3) is 3.78. The topological polar surface area (TPSA) is 78.3 Å². The molecule has 1 amide bonds. The summed E-state index contributed by atoms with van der Waals surface area (Å²) in [7, 11) is 1.84. The predicted octanol–water partition coefficient (Wildman–Crippen LogP) is 3.09. The van der Waals surface area contributed by atoms with Crippen molar-refractivity contribution in [3.8, 4) is 5.75 Å². The fraction of sp³-hybridized carbons (Fsp3) is 0.350. The fourth-order valence-corrected chi connectivity index (χ4v) is 3.26. The van der Waals surface area contributed by atoms with Crippen LogP contribution in [0.3, 0.4) is 0 Å². The van der Waals surface area contributed by atoms with Gasteiger partial charge in [0.15, 0.2) is 5.65 Å². The molecule has 27 heavy (non-hydrogen) atoms. The summed E-state index contributed by atoms with van der Waals surface area (Å²) in [5, 5.41) is 8.11. The zero-order chi connectivity index (χ0) is 18.8. The predicted molar refractivity (Wildman–Crippen MR) is 102 cm³/mol. The first kappa shape index (κ1) is 17.5. The van der Waals surface area contributed by atoms with Crippen molar-refractivity contribution in [3.05, 3.63) is 47.8 Å². The van der Waals surface area contributed by atoms with Crippen LogP contribution in [0.1, 0.15) is 28.9 Å². The van der Waals surface area contributed by atoms with Crippen molar-refractivity contribution in [1.29, 1.82) is 0 Å². The molecule has 1 aliphatic rings. The van der Waals surface area contributed by atoms with Crippen LogP contribution in [0.4, 0.5) is 5.69 Å². The molecular formula is C20H22N4O3. The number of nitrogens with one attached hydrogen (secondary N) is 1. The maximum Gasteiger partial charge on any atom is 0.257 e. The lowest BCUT2D eigenvalue weighted by atomic mass is 10.2. The van der Waals surface area contributed by atoms with Gasteiger partial charge in [0.05, 0.1) is 17.4 Å². The highest BCUT2D eigenvalue weighted by molar-refractivity contribution is 6.05. The highest BCUT2D eigenvalue weighted by Gasteiger charge is 2.16. The zero-order valence-corrected chi connectivity index (χ0v) is 15.4. The van der Waals surface area contributed by atoms with E-state index in [-0.39, 0.29) is 12.0 Å². The highest BCUT2D eigenvalue weighted by Crippen LogP contribution is 2.21. The fourth-order valence-electron chi connectivity index (χ4n) is 3.26. The Kier molecular flexibility index (Phi) is 4.77. The molecule has 0 saturated carbocycles. The molecule has 2 aromatic heterocycles. The van der Waals surface area contributed by atoms with E-state index in [1.807, 2.05) is 44.3 Å². The van der Waals surface area contributed by atoms with Crippen molar-refractivity contribution in [2.45, 2.75) is 25.9 Å². The lowest BCUT2D eigenvalue weighted by Gasteiger charge is -2.12. The Morgan fingerprint density at radius 2 is 2.30 bits per heavy atom. The smallest absolute Gasteiger partial charge is 0.257 e. The Bertz CT molecular complexity index is 977. The zero-order valence-electron chi connectivity index (χ0n) is 15.4. The lowest BCUT2D eigenvalue weighted by Crippen LogP contribution is -2.16. The molecule has 0 radical (unpaired) electrons. The highest BCUT2D eigenvalue weighted by atomic mass is 16.5. The van der Waals surface area contributed by atoms with Gasteiger partial charge in [-0.2, -0.15) is 5.10 Å². The number of aromatic nitrogens is 3. The number of carbonyl (C=O) groups excluding carboxylic acids is 1. The van der Waals surface area contributed by atoms with Gasteiger partial charge in [-0.15, -0.1) is 0 Å². The van der Waals surface area contributed by atoms with E-state index in [1.165, 1.54) is 0 Å². The normalized spacial score (nSPS) is 16.6. The number of nitrogens with zero attached hydrogens (tertiary/aromatic N) is 3. The molecule has 1 aromatic carbocycles. The molecule has 1 N–H and O–H groups in total. The molecule has 7 heteroatoms. The van der Waals surface area contributed by atoms with Crippen LogP contribution in [0.25, 0.3) is 11.0 Å². The van der Waals surface area contributed by atoms with E-state index in [1.54, 1.807) is 10.9 Å². The molecule has 0 aliphatic carbocycles. The largest absolute Gasteiger partial charge is 0.491 e. The van der Waals surface area contributed by atoms with Crippen LogP contribution in [-0.4, -0.2) is 40.0 Å². The monoisotopic (exact) mass is 366 g/mol. The number of aryl methyl sites for hydroxylation is 2. The molecule has 7 nitrogen and oxygen atoms in total. The second-order valence-corrected chi connectivity index (χ2v) is 6.73. The molecule has 140 valence electrons. The average molecular weight is 366 g/mol. The molecule has 1 fully saturated rings. The second-order valence-electron chi connectivity index (χ2n) is 6.73. The maximum atomic E-state index is 12.6. The van der Waals surface area contributed by atoms with Crippen LogP contribution >= 0.6 is 0 Å². The number of ether oxygens (including phenoxy) is 2. The Labute approximate surface area is 157 Å². The van der Waals surface area contributed by atoms with Gasteiger partial charge in [0.1, 0.15) is 12.4 Å². The van der Waals surface area contributed by atoms with Gasteiger partial charge in [-0.3, -0.25) is 9.48 Å². The Hall–Kier alpha value is -2.93. The minimum Gasteiger partial charge on any atom is -0.491 e. The Morgan fingerprint density at radius 3 is 3.11 bits per heavy atom. The summed E-state index contributed by atoms with van der Waals surface area (Å²) in [5.74, 6) is 0.490. The summed E-state index contributed by atoms with van der Waals surface area (Å²) >= 11 is 0. The number of fused-ring (bicyclic) bond motifs is 1. The molecule has 0 bridgehead atoms. The molecule has 3 aromatic rings. The molecule has 4 rings (SSSR count). The number of rotatable bonds is 5. The Balaban J connectivity index is 1.46. The average Bonchev–Trinajstić information content (AvgIpc) is 3.28. The van der Waals surface area contributed by atoms with Crippen molar-refractivity contribution in [3.63, 3.8) is 0 Å². The van der Waals surface area contributed by atoms with Gasteiger partial charge in [-0.1, -0.05) is 6.07 Å². The second kappa shape index (κ2) is 7.36. The minimum atomic E-state index is -0.219. The van der Waals surface area contributed by atoms with Crippen molar-refractivity contribution < 1.29 is 14.3 Å². The molecule has 1 aliphatic heterocycles. The molecule has 0 unspecified atom stereocenters. The summed E-state index contributed by atoms with van der Waals surface area (Å²) < 4.78 is 13.1. The number of benzene rings is 1. The van der Waals surface area contributed by atoms with Crippen molar-refractivity contribution in [2.24, 2.45) is 7.05 Å². The minimum absolute atomic E-state index is 0.156. The third-order valence-corrected chi connectivity index (χ3v) is 4.68. The number of hydrogen-bond acceptors (Lipinski definition) is 5. The number of carbonyl (C=O) groups is 1. The molecule has 1 saturated heterocycles. The van der Waals surface area contributed by atoms with E-state index < -0.39 is 0 Å². The van der Waals surface area contributed by atoms with Gasteiger partial charge in [0.2, 0.25) is 0 Å². The van der Waals surface area contributed by atoms with Gasteiger partial charge in [0.25, 0.3) is 5.91 Å². The summed E-state index contributed by atoms with van der Waals surface area (Å²) in [6, 6.07) is 9.19. The van der Waals surface area contributed by atoms with Crippen LogP contribution in [0.2, 0.25) is 0 Å². The van der Waals surface area contributed by atoms with Gasteiger partial charge in [0, 0.05) is 37.0 Å². The van der Waals surface area contributed by atoms with Crippen LogP contribution < -0.4 is 10.1 Å². The Morgan fingerprint density at radius 1 is 1.41 bits per heavy atom. The van der Waals surface area contributed by atoms with Gasteiger partial charge in [-0.25, -0.2) is 4.98 Å². The first-order valence-corrected chi connectivity index (χ1v) is 9.05. The standard InChI is InChI=1S/C20H22N4O3/c1-13-18-9-14(11-21-19(18)24(2)23-13)20(25)22-15-5-3-6-16(10-15)27-12-17-7-4-8-26-17/h3,5-6,9-11,17H,4,7-8,12H2,1-2H3,(H,22,25)/t17-/m1/s1. The van der Waals surface area contributed by atoms with Crippen LogP contribution in [0.15, 0.2) is 36.5 Å². The van der Waals surface area contributed by atoms with Crippen LogP contribution in [-0.2, 0) is 11.8 Å². The van der Waals surface area contributed by atoms with Crippen molar-refractivity contribution >= 4 is 22.6 Å². The van der Waals surface area contributed by atoms with Crippen LogP contribution in [0.5, 0.6) is 5.75 Å². The lowest BCUT2D eigenvalue weighted by molar-refractivity contribution is 0.0680. The molecule has 0 spiro atoms. The number of amides is 1. The SMILES string of the molecule is Cc1nn(C)c2ncc(C(=O)Nc3cccc(OC[C@H]4CCCO4)c3)cc12. The summed E-state index contributed by atoms with van der Waals surface area (Å²) in [6.07, 6.45) is 3.83. The first-order valence-electron chi connectivity index (χ1n) is 9.05. The molecule has 3 heterocycles. The quantitative estimate of drug-likeness (QED) is 0.751. The van der Waals surface area contributed by atoms with Crippen molar-refractivity contribution in [1.82, 2.24) is 14.8 Å². The number of anilines is 1. The summed E-state index contributed by atoms with van der Waals surface area (Å²) in [4.78, 5) is 17.0. The van der Waals surface area contributed by atoms with Gasteiger partial charge < -0.3 is 14.8 Å². The van der Waals surface area contributed by atoms with E-state index >= 15 is 0 Å². The maximum absolute atomic E-state index is 12.6. The van der Waals surface area contributed by atoms with Crippen molar-refractivity contribution in [2.75, 3.05) is 18.5 Å². The van der Waals surface area contributed by atoms with E-state index in [9.17, 15) is 4.79 Å². The van der Waals surface area contributed by atoms with E-state index in [2.05, 4.69) is 15.4 Å². The summed E-state index contributed by atoms with van der Waals surface area (Å²) in [5.41, 5.74) is 2.77. The molecule has 1 atom stereocenters. The third-order valence-electron chi connectivity index (χ3n) is 4.68. The van der Waals surface area contributed by atoms with E-state index in [4.69, 9.17) is 9.47 Å². The summed E-state index contributed by atoms with van der Waals surface area (Å²) in [6.45, 7) is 3.23. The van der Waals surface area contributed by atoms with E-state index in [0.717, 1.165) is 36.2 Å². The van der Waals surface area contributed by atoms with Gasteiger partial charge >= 0.3 is 0 Å². The number of hydrogen-bond donors (Lipinski definition) is 1.